The fourth-order valence-electron chi connectivity index (χ4n) is 8.89. The number of hydrogen-bond donors (Lipinski definition) is 3. The van der Waals surface area contributed by atoms with Gasteiger partial charge in [0.15, 0.2) is 11.0 Å². The maximum atomic E-state index is 16.4. The summed E-state index contributed by atoms with van der Waals surface area (Å²) in [7, 11) is 0.312. The highest BCUT2D eigenvalue weighted by Gasteiger charge is 2.37. The van der Waals surface area contributed by atoms with Crippen molar-refractivity contribution in [1.29, 1.82) is 0 Å². The maximum absolute atomic E-state index is 16.4. The summed E-state index contributed by atoms with van der Waals surface area (Å²) in [5.41, 5.74) is 10.3. The minimum atomic E-state index is -4.48. The van der Waals surface area contributed by atoms with E-state index in [4.69, 9.17) is 33.8 Å². The molecule has 3 N–H and O–H groups in total. The lowest BCUT2D eigenvalue weighted by Crippen LogP contribution is -2.42. The first-order valence-electron chi connectivity index (χ1n) is 24.6. The summed E-state index contributed by atoms with van der Waals surface area (Å²) in [5.74, 6) is 2.47. The summed E-state index contributed by atoms with van der Waals surface area (Å²) in [4.78, 5) is 32.8. The number of para-hydroxylation sites is 1. The van der Waals surface area contributed by atoms with Gasteiger partial charge in [0.2, 0.25) is 10.0 Å². The van der Waals surface area contributed by atoms with Crippen molar-refractivity contribution in [3.8, 4) is 28.4 Å². The first-order chi connectivity index (χ1) is 35.3. The minimum absolute atomic E-state index is 0.0215. The van der Waals surface area contributed by atoms with Crippen LogP contribution in [0.15, 0.2) is 113 Å². The van der Waals surface area contributed by atoms with E-state index in [2.05, 4.69) is 16.3 Å². The normalized spacial score (nSPS) is 14.6. The number of hydrogen-bond acceptors (Lipinski definition) is 15. The number of fused-ring (bicyclic) bond motifs is 1. The topological polar surface area (TPSA) is 185 Å². The van der Waals surface area contributed by atoms with Crippen molar-refractivity contribution in [1.82, 2.24) is 30.3 Å². The zero-order chi connectivity index (χ0) is 52.8. The van der Waals surface area contributed by atoms with Gasteiger partial charge in [-0.25, -0.2) is 28.5 Å². The second-order valence-corrected chi connectivity index (χ2v) is 23.2. The number of likely N-dealkylation sites (tertiary alicyclic amines) is 1. The standard InChI is InChI=1S/C55H66N8O9S2/c1-54(2,3)71-52(64)57-51-56-48-45(11-10-12-46(48)73-51)44-28-21-40(20-13-36-29-31-61(32-30-36)53(65)72-55(4,5)6)49(47(44)50-58-60-63(59-50)35-39-18-26-43(70-9)27-19-39)74(66,67)62(33-37-14-22-41(68-7)23-15-37)34-38-16-24-42(69-8)25-17-38/h10-12,14-19,21-28,36,60H,13,20,29-35H2,1-9H3,(H,58,59)(H,56,57,64). The van der Waals surface area contributed by atoms with Crippen molar-refractivity contribution in [3.05, 3.63) is 131 Å². The predicted octanol–water partition coefficient (Wildman–Crippen LogP) is 10.5. The van der Waals surface area contributed by atoms with Gasteiger partial charge < -0.3 is 28.6 Å². The number of carbonyl (C=O) groups excluding carboxylic acids is 2. The van der Waals surface area contributed by atoms with Gasteiger partial charge in [-0.15, -0.1) is 10.2 Å². The lowest BCUT2D eigenvalue weighted by atomic mass is 9.89. The maximum Gasteiger partial charge on any atom is 0.413 e. The van der Waals surface area contributed by atoms with Crippen molar-refractivity contribution >= 4 is 54.7 Å². The Morgan fingerprint density at radius 2 is 1.31 bits per heavy atom. The lowest BCUT2D eigenvalue weighted by molar-refractivity contribution is 0.0181. The Labute approximate surface area is 437 Å². The summed E-state index contributed by atoms with van der Waals surface area (Å²) in [6.07, 6.45) is 1.55. The Hall–Kier alpha value is -6.93. The predicted molar refractivity (Wildman–Crippen MR) is 288 cm³/mol. The van der Waals surface area contributed by atoms with E-state index in [1.54, 1.807) is 52.1 Å². The SMILES string of the molecule is COc1ccc(CN2NN=C(c3c(-c4cccc5sc(NC(=O)OC(C)(C)C)nc45)ccc(CCC4CCN(C(=O)OC(C)(C)C)CC4)c3S(=O)(=O)N(Cc3ccc(OC)cc3)Cc3ccc(OC)cc3)N2)cc1. The van der Waals surface area contributed by atoms with Crippen LogP contribution in [-0.2, 0) is 45.6 Å². The number of piperidine rings is 1. The third kappa shape index (κ3) is 13.2. The number of methoxy groups -OCH3 is 3. The highest BCUT2D eigenvalue weighted by molar-refractivity contribution is 7.89. The molecule has 2 aliphatic heterocycles. The zero-order valence-electron chi connectivity index (χ0n) is 43.5. The Morgan fingerprint density at radius 1 is 0.743 bits per heavy atom. The van der Waals surface area contributed by atoms with E-state index >= 15 is 8.42 Å². The van der Waals surface area contributed by atoms with E-state index in [1.807, 2.05) is 124 Å². The highest BCUT2D eigenvalue weighted by atomic mass is 32.2. The van der Waals surface area contributed by atoms with Crippen LogP contribution in [0.1, 0.15) is 88.6 Å². The summed E-state index contributed by atoms with van der Waals surface area (Å²) in [6, 6.07) is 31.9. The Balaban J connectivity index is 1.27. The van der Waals surface area contributed by atoms with Gasteiger partial charge in [0.05, 0.1) is 43.0 Å². The molecule has 392 valence electrons. The number of nitrogens with zero attached hydrogens (tertiary/aromatic N) is 5. The zero-order valence-corrected chi connectivity index (χ0v) is 45.1. The number of benzene rings is 5. The molecule has 1 saturated heterocycles. The first-order valence-corrected chi connectivity index (χ1v) is 26.9. The van der Waals surface area contributed by atoms with Crippen LogP contribution in [0.2, 0.25) is 0 Å². The number of anilines is 1. The molecular formula is C55H66N8O9S2. The van der Waals surface area contributed by atoms with E-state index in [-0.39, 0.29) is 35.8 Å². The first kappa shape index (κ1) is 53.4. The number of amides is 2. The number of nitrogens with one attached hydrogen (secondary N) is 3. The van der Waals surface area contributed by atoms with Crippen LogP contribution in [0.25, 0.3) is 21.3 Å². The van der Waals surface area contributed by atoms with Gasteiger partial charge in [-0.2, -0.15) is 4.31 Å². The summed E-state index contributed by atoms with van der Waals surface area (Å²) in [5, 5.41) is 9.66. The molecule has 0 saturated carbocycles. The summed E-state index contributed by atoms with van der Waals surface area (Å²) < 4.78 is 62.7. The van der Waals surface area contributed by atoms with Crippen LogP contribution in [0.4, 0.5) is 14.7 Å². The lowest BCUT2D eigenvalue weighted by Gasteiger charge is -2.33. The van der Waals surface area contributed by atoms with E-state index in [1.165, 1.54) is 15.6 Å². The molecule has 6 aromatic rings. The second-order valence-electron chi connectivity index (χ2n) is 20.3. The van der Waals surface area contributed by atoms with Crippen molar-refractivity contribution in [3.63, 3.8) is 0 Å². The monoisotopic (exact) mass is 1050 g/mol. The van der Waals surface area contributed by atoms with Gasteiger partial charge in [-0.1, -0.05) is 72.0 Å². The van der Waals surface area contributed by atoms with Gasteiger partial charge >= 0.3 is 12.2 Å². The van der Waals surface area contributed by atoms with Crippen LogP contribution < -0.4 is 30.5 Å². The van der Waals surface area contributed by atoms with Crippen molar-refractivity contribution in [2.45, 2.75) is 103 Å². The largest absolute Gasteiger partial charge is 0.497 e. The summed E-state index contributed by atoms with van der Waals surface area (Å²) >= 11 is 1.28. The van der Waals surface area contributed by atoms with Gasteiger partial charge in [0.1, 0.15) is 28.5 Å². The number of hydrazone groups is 1. The molecular weight excluding hydrogens is 981 g/mol. The number of hydrazine groups is 2. The number of rotatable bonds is 17. The van der Waals surface area contributed by atoms with Crippen LogP contribution >= 0.6 is 11.3 Å². The highest BCUT2D eigenvalue weighted by Crippen LogP contribution is 2.41. The average molecular weight is 1050 g/mol. The number of thiazole rings is 1. The van der Waals surface area contributed by atoms with Crippen molar-refractivity contribution < 1.29 is 41.7 Å². The third-order valence-corrected chi connectivity index (χ3v) is 15.4. The van der Waals surface area contributed by atoms with Gasteiger partial charge in [-0.05, 0) is 143 Å². The number of amidine groups is 1. The number of ether oxygens (including phenoxy) is 5. The molecule has 2 amide bonds. The molecule has 0 atom stereocenters. The van der Waals surface area contributed by atoms with Crippen LogP contribution in [-0.4, -0.2) is 91.4 Å². The van der Waals surface area contributed by atoms with Crippen molar-refractivity contribution in [2.24, 2.45) is 11.0 Å². The molecule has 5 aromatic carbocycles. The van der Waals surface area contributed by atoms with Crippen molar-refractivity contribution in [2.75, 3.05) is 39.7 Å². The quantitative estimate of drug-likeness (QED) is 0.0784. The molecule has 19 heteroatoms. The van der Waals surface area contributed by atoms with E-state index in [0.29, 0.717) is 82.6 Å². The number of aromatic nitrogens is 1. The molecule has 74 heavy (non-hydrogen) atoms. The molecule has 17 nitrogen and oxygen atoms in total. The van der Waals surface area contributed by atoms with E-state index < -0.39 is 27.3 Å². The van der Waals surface area contributed by atoms with Gasteiger partial charge in [-0.3, -0.25) is 10.7 Å². The second kappa shape index (κ2) is 22.7. The molecule has 8 rings (SSSR count). The Morgan fingerprint density at radius 3 is 1.86 bits per heavy atom. The van der Waals surface area contributed by atoms with E-state index in [9.17, 15) is 9.59 Å². The third-order valence-electron chi connectivity index (χ3n) is 12.5. The van der Waals surface area contributed by atoms with Crippen LogP contribution in [0.3, 0.4) is 0 Å². The molecule has 0 aliphatic carbocycles. The fraction of sp³-hybridized carbons (Fsp3) is 0.382. The number of aryl methyl sites for hydroxylation is 1. The molecule has 0 bridgehead atoms. The number of sulfonamides is 1. The summed E-state index contributed by atoms with van der Waals surface area (Å²) in [6.45, 7) is 12.4. The molecule has 3 heterocycles. The van der Waals surface area contributed by atoms with Gasteiger partial charge in [0, 0.05) is 37.3 Å². The Kier molecular flexibility index (Phi) is 16.4. The minimum Gasteiger partial charge on any atom is -0.497 e. The fourth-order valence-corrected chi connectivity index (χ4v) is 11.6. The van der Waals surface area contributed by atoms with Crippen LogP contribution in [0.5, 0.6) is 17.2 Å². The Bertz CT molecular complexity index is 3020. The molecule has 1 fully saturated rings. The molecule has 0 unspecified atom stereocenters. The van der Waals surface area contributed by atoms with Gasteiger partial charge in [0.25, 0.3) is 0 Å². The average Bonchev–Trinajstić information content (AvgIpc) is 4.01. The molecule has 1 aromatic heterocycles. The number of carbonyl (C=O) groups is 2. The van der Waals surface area contributed by atoms with Crippen LogP contribution in [0, 0.1) is 5.92 Å². The van der Waals surface area contributed by atoms with E-state index in [0.717, 1.165) is 34.2 Å². The smallest absolute Gasteiger partial charge is 0.413 e. The molecule has 0 spiro atoms. The molecule has 2 aliphatic rings. The molecule has 0 radical (unpaired) electrons.